The molecule has 0 saturated carbocycles. The molecule has 1 aromatic carbocycles. The van der Waals surface area contributed by atoms with E-state index >= 15 is 0 Å². The molecule has 0 saturated heterocycles. The van der Waals surface area contributed by atoms with Crippen molar-refractivity contribution < 1.29 is 9.90 Å². The van der Waals surface area contributed by atoms with Gasteiger partial charge in [-0.3, -0.25) is 4.79 Å². The van der Waals surface area contributed by atoms with Crippen LogP contribution in [0.2, 0.25) is 0 Å². The van der Waals surface area contributed by atoms with E-state index < -0.39 is 11.9 Å². The molecule has 3 aromatic rings. The summed E-state index contributed by atoms with van der Waals surface area (Å²) in [5, 5.41) is 16.5. The van der Waals surface area contributed by atoms with Crippen molar-refractivity contribution in [1.82, 2.24) is 19.6 Å². The van der Waals surface area contributed by atoms with Crippen LogP contribution < -0.4 is 5.32 Å². The van der Waals surface area contributed by atoms with E-state index in [0.717, 1.165) is 5.69 Å². The SMILES string of the molecule is CC(Cc1nccc2nc(Nc3ccccc3)nn12)C(=O)O. The number of benzene rings is 1. The van der Waals surface area contributed by atoms with Crippen LogP contribution in [0.25, 0.3) is 5.65 Å². The molecule has 2 heterocycles. The number of hydrogen-bond donors (Lipinski definition) is 2. The molecule has 7 heteroatoms. The van der Waals surface area contributed by atoms with E-state index in [1.807, 2.05) is 30.3 Å². The number of hydrogen-bond acceptors (Lipinski definition) is 5. The number of aliphatic carboxylic acids is 1. The molecule has 7 nitrogen and oxygen atoms in total. The summed E-state index contributed by atoms with van der Waals surface area (Å²) in [4.78, 5) is 19.6. The Morgan fingerprint density at radius 1 is 1.32 bits per heavy atom. The fraction of sp³-hybridized carbons (Fsp3) is 0.200. The Morgan fingerprint density at radius 2 is 2.09 bits per heavy atom. The van der Waals surface area contributed by atoms with Crippen LogP contribution in [0.15, 0.2) is 42.6 Å². The maximum atomic E-state index is 11.0. The van der Waals surface area contributed by atoms with Gasteiger partial charge >= 0.3 is 5.97 Å². The van der Waals surface area contributed by atoms with E-state index in [1.165, 1.54) is 0 Å². The molecule has 0 spiro atoms. The third-order valence-corrected chi connectivity index (χ3v) is 3.26. The second kappa shape index (κ2) is 5.80. The van der Waals surface area contributed by atoms with Gasteiger partial charge in [0.2, 0.25) is 5.95 Å². The quantitative estimate of drug-likeness (QED) is 0.749. The van der Waals surface area contributed by atoms with Crippen LogP contribution in [0, 0.1) is 5.92 Å². The zero-order chi connectivity index (χ0) is 15.5. The highest BCUT2D eigenvalue weighted by Crippen LogP contribution is 2.15. The van der Waals surface area contributed by atoms with Gasteiger partial charge in [0.15, 0.2) is 5.65 Å². The normalized spacial score (nSPS) is 12.2. The van der Waals surface area contributed by atoms with E-state index in [4.69, 9.17) is 5.11 Å². The van der Waals surface area contributed by atoms with Gasteiger partial charge in [-0.05, 0) is 12.1 Å². The number of fused-ring (bicyclic) bond motifs is 1. The van der Waals surface area contributed by atoms with Crippen LogP contribution in [0.5, 0.6) is 0 Å². The molecule has 0 aliphatic heterocycles. The number of carboxylic acid groups (broad SMARTS) is 1. The smallest absolute Gasteiger partial charge is 0.306 e. The Morgan fingerprint density at radius 3 is 2.82 bits per heavy atom. The van der Waals surface area contributed by atoms with Crippen molar-refractivity contribution in [3.63, 3.8) is 0 Å². The van der Waals surface area contributed by atoms with E-state index in [2.05, 4.69) is 20.4 Å². The monoisotopic (exact) mass is 297 g/mol. The number of aromatic nitrogens is 4. The number of anilines is 2. The Bertz CT molecular complexity index is 800. The van der Waals surface area contributed by atoms with Crippen molar-refractivity contribution in [2.24, 2.45) is 5.92 Å². The molecule has 0 radical (unpaired) electrons. The second-order valence-corrected chi connectivity index (χ2v) is 5.00. The van der Waals surface area contributed by atoms with Crippen LogP contribution in [0.3, 0.4) is 0 Å². The van der Waals surface area contributed by atoms with Gasteiger partial charge in [-0.25, -0.2) is 4.98 Å². The number of para-hydroxylation sites is 1. The number of carbonyl (C=O) groups is 1. The highest BCUT2D eigenvalue weighted by Gasteiger charge is 2.16. The molecule has 2 aromatic heterocycles. The van der Waals surface area contributed by atoms with Gasteiger partial charge in [0, 0.05) is 24.4 Å². The average molecular weight is 297 g/mol. The standard InChI is InChI=1S/C15H15N5O2/c1-10(14(21)22)9-13-16-8-7-12-18-15(19-20(12)13)17-11-5-3-2-4-6-11/h2-8,10H,9H2,1H3,(H,17,19)(H,21,22). The highest BCUT2D eigenvalue weighted by atomic mass is 16.4. The third kappa shape index (κ3) is 2.88. The summed E-state index contributed by atoms with van der Waals surface area (Å²) in [5.41, 5.74) is 1.51. The lowest BCUT2D eigenvalue weighted by Crippen LogP contribution is -2.15. The van der Waals surface area contributed by atoms with Gasteiger partial charge in [0.1, 0.15) is 5.82 Å². The van der Waals surface area contributed by atoms with Gasteiger partial charge in [-0.15, -0.1) is 5.10 Å². The summed E-state index contributed by atoms with van der Waals surface area (Å²) in [6.07, 6.45) is 1.90. The first-order valence-electron chi connectivity index (χ1n) is 6.89. The molecule has 1 unspecified atom stereocenters. The first kappa shape index (κ1) is 14.0. The molecule has 112 valence electrons. The minimum absolute atomic E-state index is 0.292. The molecule has 0 fully saturated rings. The largest absolute Gasteiger partial charge is 0.481 e. The van der Waals surface area contributed by atoms with Crippen LogP contribution in [0.4, 0.5) is 11.6 Å². The molecular weight excluding hydrogens is 282 g/mol. The van der Waals surface area contributed by atoms with Gasteiger partial charge in [0.25, 0.3) is 0 Å². The van der Waals surface area contributed by atoms with Gasteiger partial charge in [-0.1, -0.05) is 25.1 Å². The number of nitrogens with zero attached hydrogens (tertiary/aromatic N) is 4. The lowest BCUT2D eigenvalue weighted by molar-refractivity contribution is -0.141. The summed E-state index contributed by atoms with van der Waals surface area (Å²) in [6, 6.07) is 11.3. The van der Waals surface area contributed by atoms with Crippen molar-refractivity contribution in [3.8, 4) is 0 Å². The summed E-state index contributed by atoms with van der Waals surface area (Å²) in [6.45, 7) is 1.64. The fourth-order valence-corrected chi connectivity index (χ4v) is 2.07. The van der Waals surface area contributed by atoms with Crippen LogP contribution in [0.1, 0.15) is 12.7 Å². The maximum Gasteiger partial charge on any atom is 0.306 e. The fourth-order valence-electron chi connectivity index (χ4n) is 2.07. The van der Waals surface area contributed by atoms with E-state index in [0.29, 0.717) is 23.8 Å². The van der Waals surface area contributed by atoms with Crippen molar-refractivity contribution in [1.29, 1.82) is 0 Å². The summed E-state index contributed by atoms with van der Waals surface area (Å²) >= 11 is 0. The first-order chi connectivity index (χ1) is 10.6. The molecule has 0 bridgehead atoms. The zero-order valence-electron chi connectivity index (χ0n) is 12.0. The predicted molar refractivity (Wildman–Crippen MR) is 81.0 cm³/mol. The lowest BCUT2D eigenvalue weighted by Gasteiger charge is -2.06. The van der Waals surface area contributed by atoms with Crippen LogP contribution in [-0.2, 0) is 11.2 Å². The summed E-state index contributed by atoms with van der Waals surface area (Å²) in [5.74, 6) is -0.376. The third-order valence-electron chi connectivity index (χ3n) is 3.26. The zero-order valence-corrected chi connectivity index (χ0v) is 12.0. The lowest BCUT2D eigenvalue weighted by atomic mass is 10.1. The van der Waals surface area contributed by atoms with Gasteiger partial charge < -0.3 is 10.4 Å². The number of rotatable bonds is 5. The molecule has 1 atom stereocenters. The Hall–Kier alpha value is -2.96. The molecule has 0 aliphatic rings. The van der Waals surface area contributed by atoms with Crippen molar-refractivity contribution in [3.05, 3.63) is 48.4 Å². The Balaban J connectivity index is 1.91. The minimum Gasteiger partial charge on any atom is -0.481 e. The second-order valence-electron chi connectivity index (χ2n) is 5.00. The van der Waals surface area contributed by atoms with E-state index in [-0.39, 0.29) is 0 Å². The van der Waals surface area contributed by atoms with Crippen molar-refractivity contribution in [2.75, 3.05) is 5.32 Å². The molecule has 0 amide bonds. The topological polar surface area (TPSA) is 92.4 Å². The van der Waals surface area contributed by atoms with E-state index in [9.17, 15) is 4.79 Å². The molecule has 3 rings (SSSR count). The predicted octanol–water partition coefficient (Wildman–Crippen LogP) is 2.13. The van der Waals surface area contributed by atoms with Crippen molar-refractivity contribution >= 4 is 23.3 Å². The highest BCUT2D eigenvalue weighted by molar-refractivity contribution is 5.69. The van der Waals surface area contributed by atoms with E-state index in [1.54, 1.807) is 23.7 Å². The van der Waals surface area contributed by atoms with Crippen molar-refractivity contribution in [2.45, 2.75) is 13.3 Å². The molecular formula is C15H15N5O2. The molecule has 22 heavy (non-hydrogen) atoms. The maximum absolute atomic E-state index is 11.0. The number of nitrogens with one attached hydrogen (secondary N) is 1. The number of carboxylic acids is 1. The summed E-state index contributed by atoms with van der Waals surface area (Å²) < 4.78 is 1.57. The Kier molecular flexibility index (Phi) is 3.69. The molecule has 0 aliphatic carbocycles. The first-order valence-corrected chi connectivity index (χ1v) is 6.89. The van der Waals surface area contributed by atoms with Crippen LogP contribution >= 0.6 is 0 Å². The van der Waals surface area contributed by atoms with Gasteiger partial charge in [0.05, 0.1) is 5.92 Å². The van der Waals surface area contributed by atoms with Gasteiger partial charge in [-0.2, -0.15) is 9.50 Å². The summed E-state index contributed by atoms with van der Waals surface area (Å²) in [7, 11) is 0. The minimum atomic E-state index is -0.860. The average Bonchev–Trinajstić information content (AvgIpc) is 2.91. The molecule has 2 N–H and O–H groups in total. The Labute approximate surface area is 126 Å². The van der Waals surface area contributed by atoms with Crippen LogP contribution in [-0.4, -0.2) is 30.7 Å².